The first-order valence-electron chi connectivity index (χ1n) is 7.08. The molecule has 5 nitrogen and oxygen atoms in total. The number of halogens is 1. The number of hydrogen-bond acceptors (Lipinski definition) is 4. The summed E-state index contributed by atoms with van der Waals surface area (Å²) in [6.07, 6.45) is 4.49. The van der Waals surface area contributed by atoms with Crippen molar-refractivity contribution in [2.75, 3.05) is 18.4 Å². The minimum absolute atomic E-state index is 0.210. The summed E-state index contributed by atoms with van der Waals surface area (Å²) in [5.41, 5.74) is 0.158. The molecule has 0 aliphatic carbocycles. The van der Waals surface area contributed by atoms with E-state index in [1.807, 2.05) is 0 Å². The van der Waals surface area contributed by atoms with Gasteiger partial charge in [0.25, 0.3) is 5.69 Å². The van der Waals surface area contributed by atoms with Crippen molar-refractivity contribution in [1.82, 2.24) is 4.90 Å². The average molecular weight is 279 g/mol. The van der Waals surface area contributed by atoms with Crippen molar-refractivity contribution in [2.24, 2.45) is 0 Å². The van der Waals surface area contributed by atoms with E-state index in [2.05, 4.69) is 10.2 Å². The van der Waals surface area contributed by atoms with Gasteiger partial charge in [-0.1, -0.05) is 0 Å². The maximum atomic E-state index is 13.9. The zero-order chi connectivity index (χ0) is 14.1. The molecule has 0 aromatic heterocycles. The largest absolute Gasteiger partial charge is 0.380 e. The van der Waals surface area contributed by atoms with Crippen LogP contribution in [0, 0.1) is 15.9 Å². The second-order valence-corrected chi connectivity index (χ2v) is 5.62. The van der Waals surface area contributed by atoms with Gasteiger partial charge < -0.3 is 10.2 Å². The number of anilines is 1. The molecule has 0 amide bonds. The number of hydrogen-bond donors (Lipinski definition) is 1. The highest BCUT2D eigenvalue weighted by atomic mass is 19.1. The average Bonchev–Trinajstić information content (AvgIpc) is 2.88. The van der Waals surface area contributed by atoms with E-state index in [-0.39, 0.29) is 11.7 Å². The summed E-state index contributed by atoms with van der Waals surface area (Å²) >= 11 is 0. The number of fused-ring (bicyclic) bond motifs is 1. The molecule has 0 bridgehead atoms. The van der Waals surface area contributed by atoms with Gasteiger partial charge in [-0.05, 0) is 38.3 Å². The van der Waals surface area contributed by atoms with Gasteiger partial charge in [-0.2, -0.15) is 0 Å². The van der Waals surface area contributed by atoms with E-state index in [0.29, 0.717) is 11.7 Å². The summed E-state index contributed by atoms with van der Waals surface area (Å²) in [7, 11) is 0. The lowest BCUT2D eigenvalue weighted by Gasteiger charge is -2.35. The van der Waals surface area contributed by atoms with Gasteiger partial charge in [-0.3, -0.25) is 10.1 Å². The Labute approximate surface area is 116 Å². The van der Waals surface area contributed by atoms with Crippen molar-refractivity contribution < 1.29 is 9.31 Å². The smallest absolute Gasteiger partial charge is 0.272 e. The molecule has 2 unspecified atom stereocenters. The van der Waals surface area contributed by atoms with Crippen LogP contribution < -0.4 is 5.32 Å². The molecular weight excluding hydrogens is 261 g/mol. The maximum absolute atomic E-state index is 13.9. The summed E-state index contributed by atoms with van der Waals surface area (Å²) in [6, 6.07) is 4.66. The van der Waals surface area contributed by atoms with Gasteiger partial charge in [0.05, 0.1) is 16.7 Å². The van der Waals surface area contributed by atoms with Gasteiger partial charge in [-0.25, -0.2) is 4.39 Å². The molecule has 108 valence electrons. The Morgan fingerprint density at radius 1 is 1.35 bits per heavy atom. The Hall–Kier alpha value is -1.69. The lowest BCUT2D eigenvalue weighted by atomic mass is 9.97. The second kappa shape index (κ2) is 5.36. The molecule has 0 radical (unpaired) electrons. The van der Waals surface area contributed by atoms with Gasteiger partial charge in [0.2, 0.25) is 0 Å². The van der Waals surface area contributed by atoms with Crippen molar-refractivity contribution in [3.8, 4) is 0 Å². The van der Waals surface area contributed by atoms with Crippen LogP contribution in [-0.4, -0.2) is 35.0 Å². The first-order valence-corrected chi connectivity index (χ1v) is 7.08. The second-order valence-electron chi connectivity index (χ2n) is 5.62. The maximum Gasteiger partial charge on any atom is 0.272 e. The number of rotatable bonds is 3. The number of nitro benzene ring substituents is 1. The van der Waals surface area contributed by atoms with Crippen molar-refractivity contribution in [2.45, 2.75) is 37.8 Å². The van der Waals surface area contributed by atoms with E-state index in [1.165, 1.54) is 31.5 Å². The molecule has 2 atom stereocenters. The first kappa shape index (κ1) is 13.3. The van der Waals surface area contributed by atoms with Crippen LogP contribution in [0.4, 0.5) is 15.8 Å². The third-order valence-corrected chi connectivity index (χ3v) is 4.34. The minimum Gasteiger partial charge on any atom is -0.380 e. The Bertz CT molecular complexity index is 523. The zero-order valence-electron chi connectivity index (χ0n) is 11.2. The summed E-state index contributed by atoms with van der Waals surface area (Å²) < 4.78 is 13.9. The number of nitro groups is 1. The molecule has 2 saturated heterocycles. The number of piperidine rings is 1. The molecule has 2 aliphatic rings. The van der Waals surface area contributed by atoms with Crippen LogP contribution in [0.3, 0.4) is 0 Å². The fraction of sp³-hybridized carbons (Fsp3) is 0.571. The normalized spacial score (nSPS) is 26.2. The molecule has 6 heteroatoms. The molecule has 1 aromatic rings. The predicted octanol–water partition coefficient (Wildman–Crippen LogP) is 2.77. The number of benzene rings is 1. The molecular formula is C14H18FN3O2. The van der Waals surface area contributed by atoms with Gasteiger partial charge in [0.15, 0.2) is 5.82 Å². The molecule has 20 heavy (non-hydrogen) atoms. The SMILES string of the molecule is O=[N+]([O-])c1ccc(NC2CCN3CCCC3C2)c(F)c1. The Balaban J connectivity index is 1.67. The van der Waals surface area contributed by atoms with Gasteiger partial charge in [0.1, 0.15) is 0 Å². The molecule has 3 rings (SSSR count). The molecule has 2 heterocycles. The van der Waals surface area contributed by atoms with Gasteiger partial charge in [-0.15, -0.1) is 0 Å². The highest BCUT2D eigenvalue weighted by Crippen LogP contribution is 2.29. The molecule has 1 aromatic carbocycles. The Morgan fingerprint density at radius 2 is 2.20 bits per heavy atom. The number of non-ortho nitro benzene ring substituents is 1. The monoisotopic (exact) mass is 279 g/mol. The molecule has 1 N–H and O–H groups in total. The Morgan fingerprint density at radius 3 is 2.95 bits per heavy atom. The topological polar surface area (TPSA) is 58.4 Å². The number of nitrogens with one attached hydrogen (secondary N) is 1. The number of nitrogens with zero attached hydrogens (tertiary/aromatic N) is 2. The van der Waals surface area contributed by atoms with Crippen LogP contribution in [0.2, 0.25) is 0 Å². The Kier molecular flexibility index (Phi) is 3.56. The highest BCUT2D eigenvalue weighted by molar-refractivity contribution is 5.50. The standard InChI is InChI=1S/C14H18FN3O2/c15-13-9-12(18(19)20)3-4-14(13)16-10-5-7-17-6-1-2-11(17)8-10/h3-4,9-11,16H,1-2,5-8H2. The van der Waals surface area contributed by atoms with E-state index in [9.17, 15) is 14.5 Å². The van der Waals surface area contributed by atoms with Crippen molar-refractivity contribution in [1.29, 1.82) is 0 Å². The van der Waals surface area contributed by atoms with Crippen LogP contribution >= 0.6 is 0 Å². The van der Waals surface area contributed by atoms with E-state index in [1.54, 1.807) is 0 Å². The molecule has 2 aliphatic heterocycles. The van der Waals surface area contributed by atoms with Crippen LogP contribution in [-0.2, 0) is 0 Å². The van der Waals surface area contributed by atoms with Crippen LogP contribution in [0.5, 0.6) is 0 Å². The summed E-state index contributed by atoms with van der Waals surface area (Å²) in [5.74, 6) is -0.548. The zero-order valence-corrected chi connectivity index (χ0v) is 11.2. The van der Waals surface area contributed by atoms with Crippen molar-refractivity contribution in [3.05, 3.63) is 34.1 Å². The highest BCUT2D eigenvalue weighted by Gasteiger charge is 2.31. The van der Waals surface area contributed by atoms with Gasteiger partial charge >= 0.3 is 0 Å². The quantitative estimate of drug-likeness (QED) is 0.682. The van der Waals surface area contributed by atoms with Crippen LogP contribution in [0.15, 0.2) is 18.2 Å². The van der Waals surface area contributed by atoms with Crippen LogP contribution in [0.25, 0.3) is 0 Å². The van der Waals surface area contributed by atoms with Crippen molar-refractivity contribution >= 4 is 11.4 Å². The lowest BCUT2D eigenvalue weighted by Crippen LogP contribution is -2.42. The summed E-state index contributed by atoms with van der Waals surface area (Å²) in [6.45, 7) is 2.24. The van der Waals surface area contributed by atoms with Crippen LogP contribution in [0.1, 0.15) is 25.7 Å². The van der Waals surface area contributed by atoms with E-state index in [0.717, 1.165) is 25.5 Å². The van der Waals surface area contributed by atoms with Gasteiger partial charge in [0, 0.05) is 24.7 Å². The molecule has 0 saturated carbocycles. The third kappa shape index (κ3) is 2.60. The fourth-order valence-corrected chi connectivity index (χ4v) is 3.31. The summed E-state index contributed by atoms with van der Waals surface area (Å²) in [4.78, 5) is 12.5. The fourth-order valence-electron chi connectivity index (χ4n) is 3.31. The summed E-state index contributed by atoms with van der Waals surface area (Å²) in [5, 5.41) is 13.8. The molecule has 0 spiro atoms. The predicted molar refractivity (Wildman–Crippen MR) is 74.3 cm³/mol. The lowest BCUT2D eigenvalue weighted by molar-refractivity contribution is -0.385. The van der Waals surface area contributed by atoms with E-state index >= 15 is 0 Å². The van der Waals surface area contributed by atoms with Crippen molar-refractivity contribution in [3.63, 3.8) is 0 Å². The minimum atomic E-state index is -0.579. The molecule has 2 fully saturated rings. The first-order chi connectivity index (χ1) is 9.63. The van der Waals surface area contributed by atoms with E-state index in [4.69, 9.17) is 0 Å². The van der Waals surface area contributed by atoms with E-state index < -0.39 is 10.7 Å². The third-order valence-electron chi connectivity index (χ3n) is 4.34.